The molecule has 1 aromatic rings. The molecule has 0 amide bonds. The lowest BCUT2D eigenvalue weighted by Crippen LogP contribution is -2.18. The van der Waals surface area contributed by atoms with Gasteiger partial charge in [0, 0.05) is 13.2 Å². The van der Waals surface area contributed by atoms with Crippen LogP contribution in [0.4, 0.5) is 0 Å². The summed E-state index contributed by atoms with van der Waals surface area (Å²) in [7, 11) is -2.13. The SMILES string of the molecule is CCCCOCCCNCc1ccc(S(=O)(=O)NC)o1. The summed E-state index contributed by atoms with van der Waals surface area (Å²) in [6.45, 7) is 5.01. The number of nitrogens with one attached hydrogen (secondary N) is 2. The van der Waals surface area contributed by atoms with Crippen molar-refractivity contribution in [1.82, 2.24) is 10.0 Å². The summed E-state index contributed by atoms with van der Waals surface area (Å²) in [6.07, 6.45) is 3.17. The Morgan fingerprint density at radius 2 is 2.00 bits per heavy atom. The molecule has 1 heterocycles. The van der Waals surface area contributed by atoms with Crippen molar-refractivity contribution in [2.75, 3.05) is 26.8 Å². The molecule has 0 spiro atoms. The van der Waals surface area contributed by atoms with Crippen molar-refractivity contribution < 1.29 is 17.6 Å². The van der Waals surface area contributed by atoms with Gasteiger partial charge in [0.05, 0.1) is 6.54 Å². The van der Waals surface area contributed by atoms with E-state index < -0.39 is 10.0 Å². The van der Waals surface area contributed by atoms with Crippen LogP contribution in [-0.2, 0) is 21.3 Å². The van der Waals surface area contributed by atoms with Crippen molar-refractivity contribution in [3.05, 3.63) is 17.9 Å². The number of unbranched alkanes of at least 4 members (excludes halogenated alkanes) is 1. The van der Waals surface area contributed by atoms with E-state index in [-0.39, 0.29) is 5.09 Å². The Hall–Kier alpha value is -0.890. The van der Waals surface area contributed by atoms with Gasteiger partial charge in [-0.05, 0) is 38.6 Å². The fourth-order valence-corrected chi connectivity index (χ4v) is 2.22. The van der Waals surface area contributed by atoms with Crippen molar-refractivity contribution in [2.24, 2.45) is 0 Å². The van der Waals surface area contributed by atoms with Gasteiger partial charge in [-0.1, -0.05) is 13.3 Å². The van der Waals surface area contributed by atoms with E-state index in [0.717, 1.165) is 39.0 Å². The summed E-state index contributed by atoms with van der Waals surface area (Å²) in [6, 6.07) is 3.12. The topological polar surface area (TPSA) is 80.6 Å². The summed E-state index contributed by atoms with van der Waals surface area (Å²) in [5.41, 5.74) is 0. The number of rotatable bonds is 11. The third-order valence-electron chi connectivity index (χ3n) is 2.75. The van der Waals surface area contributed by atoms with Crippen molar-refractivity contribution in [2.45, 2.75) is 37.8 Å². The second kappa shape index (κ2) is 9.12. The van der Waals surface area contributed by atoms with E-state index in [4.69, 9.17) is 9.15 Å². The van der Waals surface area contributed by atoms with Crippen LogP contribution >= 0.6 is 0 Å². The van der Waals surface area contributed by atoms with Crippen molar-refractivity contribution >= 4 is 10.0 Å². The summed E-state index contributed by atoms with van der Waals surface area (Å²) in [5.74, 6) is 0.603. The van der Waals surface area contributed by atoms with Crippen molar-refractivity contribution in [1.29, 1.82) is 0 Å². The Labute approximate surface area is 120 Å². The van der Waals surface area contributed by atoms with Gasteiger partial charge in [0.1, 0.15) is 5.76 Å². The van der Waals surface area contributed by atoms with Gasteiger partial charge in [-0.15, -0.1) is 0 Å². The van der Waals surface area contributed by atoms with Crippen LogP contribution in [0.5, 0.6) is 0 Å². The van der Waals surface area contributed by atoms with Gasteiger partial charge in [0.2, 0.25) is 5.09 Å². The van der Waals surface area contributed by atoms with E-state index in [9.17, 15) is 8.42 Å². The molecule has 6 nitrogen and oxygen atoms in total. The minimum atomic E-state index is -3.49. The number of ether oxygens (including phenoxy) is 1. The van der Waals surface area contributed by atoms with Gasteiger partial charge >= 0.3 is 0 Å². The molecule has 0 radical (unpaired) electrons. The Morgan fingerprint density at radius 1 is 1.25 bits per heavy atom. The standard InChI is InChI=1S/C13H24N2O4S/c1-3-4-9-18-10-5-8-15-11-12-6-7-13(19-12)20(16,17)14-2/h6-7,14-15H,3-5,8-11H2,1-2H3. The van der Waals surface area contributed by atoms with Crippen LogP contribution in [0.3, 0.4) is 0 Å². The molecule has 7 heteroatoms. The van der Waals surface area contributed by atoms with Gasteiger partial charge in [-0.3, -0.25) is 0 Å². The molecule has 0 unspecified atom stereocenters. The summed E-state index contributed by atoms with van der Waals surface area (Å²) >= 11 is 0. The molecule has 0 aliphatic rings. The van der Waals surface area contributed by atoms with Crippen LogP contribution in [0.15, 0.2) is 21.6 Å². The normalized spacial score (nSPS) is 11.9. The second-order valence-corrected chi connectivity index (χ2v) is 6.24. The molecule has 116 valence electrons. The molecule has 1 rings (SSSR count). The van der Waals surface area contributed by atoms with Crippen LogP contribution in [-0.4, -0.2) is 35.2 Å². The molecule has 0 aliphatic heterocycles. The number of furan rings is 1. The molecule has 1 aromatic heterocycles. The van der Waals surface area contributed by atoms with Gasteiger partial charge in [-0.25, -0.2) is 13.1 Å². The molecule has 0 saturated carbocycles. The first-order valence-corrected chi connectivity index (χ1v) is 8.39. The number of hydrogen-bond acceptors (Lipinski definition) is 5. The second-order valence-electron chi connectivity index (χ2n) is 4.42. The maximum atomic E-state index is 11.5. The molecule has 0 atom stereocenters. The molecule has 0 fully saturated rings. The van der Waals surface area contributed by atoms with E-state index >= 15 is 0 Å². The maximum absolute atomic E-state index is 11.5. The van der Waals surface area contributed by atoms with Gasteiger partial charge in [-0.2, -0.15) is 0 Å². The minimum Gasteiger partial charge on any atom is -0.447 e. The molecule has 0 aliphatic carbocycles. The number of hydrogen-bond donors (Lipinski definition) is 2. The lowest BCUT2D eigenvalue weighted by Gasteiger charge is -2.04. The quantitative estimate of drug-likeness (QED) is 0.605. The fraction of sp³-hybridized carbons (Fsp3) is 0.692. The molecule has 2 N–H and O–H groups in total. The van der Waals surface area contributed by atoms with Gasteiger partial charge in [0.25, 0.3) is 10.0 Å². The van der Waals surface area contributed by atoms with Crippen molar-refractivity contribution in [3.63, 3.8) is 0 Å². The smallest absolute Gasteiger partial charge is 0.273 e. The highest BCUT2D eigenvalue weighted by Gasteiger charge is 2.15. The molecular weight excluding hydrogens is 280 g/mol. The predicted octanol–water partition coefficient (Wildman–Crippen LogP) is 1.48. The van der Waals surface area contributed by atoms with Crippen LogP contribution in [0.1, 0.15) is 31.9 Å². The van der Waals surface area contributed by atoms with E-state index in [1.165, 1.54) is 13.1 Å². The van der Waals surface area contributed by atoms with Gasteiger partial charge in [0.15, 0.2) is 0 Å². The van der Waals surface area contributed by atoms with E-state index in [2.05, 4.69) is 17.0 Å². The first kappa shape index (κ1) is 17.2. The third kappa shape index (κ3) is 6.04. The van der Waals surface area contributed by atoms with E-state index in [1.807, 2.05) is 0 Å². The highest BCUT2D eigenvalue weighted by Crippen LogP contribution is 2.12. The van der Waals surface area contributed by atoms with Crippen LogP contribution in [0.2, 0.25) is 0 Å². The Morgan fingerprint density at radius 3 is 2.70 bits per heavy atom. The molecule has 0 saturated heterocycles. The average Bonchev–Trinajstić information content (AvgIpc) is 2.91. The first-order valence-electron chi connectivity index (χ1n) is 6.91. The Kier molecular flexibility index (Phi) is 7.83. The maximum Gasteiger partial charge on any atom is 0.273 e. The highest BCUT2D eigenvalue weighted by molar-refractivity contribution is 7.89. The average molecular weight is 304 g/mol. The van der Waals surface area contributed by atoms with Crippen LogP contribution < -0.4 is 10.0 Å². The zero-order valence-electron chi connectivity index (χ0n) is 12.1. The summed E-state index contributed by atoms with van der Waals surface area (Å²) < 4.78 is 35.9. The highest BCUT2D eigenvalue weighted by atomic mass is 32.2. The fourth-order valence-electron chi connectivity index (χ4n) is 1.56. The van der Waals surface area contributed by atoms with Crippen molar-refractivity contribution in [3.8, 4) is 0 Å². The summed E-state index contributed by atoms with van der Waals surface area (Å²) in [5, 5.41) is 3.13. The van der Waals surface area contributed by atoms with E-state index in [1.54, 1.807) is 6.07 Å². The first-order chi connectivity index (χ1) is 9.60. The molecular formula is C13H24N2O4S. The zero-order chi connectivity index (χ0) is 14.8. The predicted molar refractivity (Wildman–Crippen MR) is 77.0 cm³/mol. The third-order valence-corrected chi connectivity index (χ3v) is 4.04. The Balaban J connectivity index is 2.17. The van der Waals surface area contributed by atoms with E-state index in [0.29, 0.717) is 12.3 Å². The minimum absolute atomic E-state index is 0.0558. The van der Waals surface area contributed by atoms with Gasteiger partial charge < -0.3 is 14.5 Å². The zero-order valence-corrected chi connectivity index (χ0v) is 13.0. The lowest BCUT2D eigenvalue weighted by atomic mass is 10.3. The lowest BCUT2D eigenvalue weighted by molar-refractivity contribution is 0.128. The van der Waals surface area contributed by atoms with Crippen LogP contribution in [0, 0.1) is 0 Å². The Bertz CT molecular complexity index is 470. The van der Waals surface area contributed by atoms with Crippen LogP contribution in [0.25, 0.3) is 0 Å². The molecule has 20 heavy (non-hydrogen) atoms. The number of sulfonamides is 1. The largest absolute Gasteiger partial charge is 0.447 e. The molecule has 0 aromatic carbocycles. The monoisotopic (exact) mass is 304 g/mol. The molecule has 0 bridgehead atoms. The summed E-state index contributed by atoms with van der Waals surface area (Å²) in [4.78, 5) is 0.